The first-order valence-corrected chi connectivity index (χ1v) is 8.74. The van der Waals surface area contributed by atoms with Gasteiger partial charge in [0.1, 0.15) is 0 Å². The third-order valence-corrected chi connectivity index (χ3v) is 3.60. The molecule has 0 aromatic heterocycles. The SMILES string of the molecule is CCCCCCCCCCCCCCOC(=O)/C=C/C(=O)O.[H-].[K+]. The van der Waals surface area contributed by atoms with Crippen LogP contribution in [0.2, 0.25) is 0 Å². The van der Waals surface area contributed by atoms with Crippen LogP contribution in [0, 0.1) is 0 Å². The first-order chi connectivity index (χ1) is 10.7. The molecule has 0 aromatic rings. The fraction of sp³-hybridized carbons (Fsp3) is 0.778. The van der Waals surface area contributed by atoms with Gasteiger partial charge >= 0.3 is 63.3 Å². The number of hydrogen-bond acceptors (Lipinski definition) is 3. The van der Waals surface area contributed by atoms with Crippen LogP contribution in [0.3, 0.4) is 0 Å². The average molecular weight is 353 g/mol. The number of rotatable bonds is 15. The predicted molar refractivity (Wildman–Crippen MR) is 89.9 cm³/mol. The number of ether oxygens (including phenoxy) is 1. The van der Waals surface area contributed by atoms with Gasteiger partial charge < -0.3 is 11.3 Å². The van der Waals surface area contributed by atoms with Crippen LogP contribution in [0.15, 0.2) is 12.2 Å². The zero-order valence-electron chi connectivity index (χ0n) is 16.0. The molecule has 0 rings (SSSR count). The van der Waals surface area contributed by atoms with E-state index in [0.717, 1.165) is 25.0 Å². The van der Waals surface area contributed by atoms with E-state index in [1.165, 1.54) is 64.2 Å². The molecule has 0 amide bonds. The van der Waals surface area contributed by atoms with Gasteiger partial charge in [0.05, 0.1) is 6.61 Å². The van der Waals surface area contributed by atoms with Crippen molar-refractivity contribution in [1.29, 1.82) is 0 Å². The fourth-order valence-corrected chi connectivity index (χ4v) is 2.30. The van der Waals surface area contributed by atoms with Crippen molar-refractivity contribution in [1.82, 2.24) is 0 Å². The summed E-state index contributed by atoms with van der Waals surface area (Å²) in [4.78, 5) is 21.3. The Hall–Kier alpha value is 0.316. The van der Waals surface area contributed by atoms with Gasteiger partial charge in [-0.25, -0.2) is 9.59 Å². The molecule has 23 heavy (non-hydrogen) atoms. The topological polar surface area (TPSA) is 63.6 Å². The second-order valence-corrected chi connectivity index (χ2v) is 5.73. The molecule has 1 N–H and O–H groups in total. The van der Waals surface area contributed by atoms with E-state index in [1.54, 1.807) is 0 Å². The molecule has 0 bridgehead atoms. The number of hydrogen-bond donors (Lipinski definition) is 1. The van der Waals surface area contributed by atoms with Gasteiger partial charge in [-0.1, -0.05) is 77.6 Å². The van der Waals surface area contributed by atoms with Crippen LogP contribution in [0.1, 0.15) is 85.4 Å². The molecule has 0 radical (unpaired) electrons. The maximum Gasteiger partial charge on any atom is 1.00 e. The Morgan fingerprint density at radius 1 is 0.826 bits per heavy atom. The van der Waals surface area contributed by atoms with Gasteiger partial charge in [0.15, 0.2) is 0 Å². The molecular formula is C18H33KO4. The van der Waals surface area contributed by atoms with E-state index in [-0.39, 0.29) is 52.8 Å². The van der Waals surface area contributed by atoms with Crippen molar-refractivity contribution < 1.29 is 72.2 Å². The first kappa shape index (κ1) is 25.6. The summed E-state index contributed by atoms with van der Waals surface area (Å²) < 4.78 is 4.90. The van der Waals surface area contributed by atoms with E-state index in [1.807, 2.05) is 0 Å². The molecule has 0 saturated heterocycles. The minimum absolute atomic E-state index is 0. The van der Waals surface area contributed by atoms with Gasteiger partial charge in [-0.3, -0.25) is 0 Å². The van der Waals surface area contributed by atoms with Crippen molar-refractivity contribution in [2.75, 3.05) is 6.61 Å². The second kappa shape index (κ2) is 20.4. The Labute approximate surface area is 185 Å². The minimum Gasteiger partial charge on any atom is -1.00 e. The summed E-state index contributed by atoms with van der Waals surface area (Å²) in [7, 11) is 0. The average Bonchev–Trinajstić information content (AvgIpc) is 2.49. The molecule has 0 atom stereocenters. The van der Waals surface area contributed by atoms with Gasteiger partial charge in [-0.2, -0.15) is 0 Å². The normalized spacial score (nSPS) is 10.5. The largest absolute Gasteiger partial charge is 1.00 e. The van der Waals surface area contributed by atoms with Crippen molar-refractivity contribution in [2.24, 2.45) is 0 Å². The van der Waals surface area contributed by atoms with E-state index in [2.05, 4.69) is 6.92 Å². The van der Waals surface area contributed by atoms with Crippen molar-refractivity contribution in [3.8, 4) is 0 Å². The van der Waals surface area contributed by atoms with Gasteiger partial charge in [-0.15, -0.1) is 0 Å². The number of carboxylic acid groups (broad SMARTS) is 1. The summed E-state index contributed by atoms with van der Waals surface area (Å²) in [6.45, 7) is 2.62. The van der Waals surface area contributed by atoms with Crippen LogP contribution in [0.4, 0.5) is 0 Å². The van der Waals surface area contributed by atoms with Crippen molar-refractivity contribution >= 4 is 11.9 Å². The van der Waals surface area contributed by atoms with E-state index in [9.17, 15) is 9.59 Å². The summed E-state index contributed by atoms with van der Waals surface area (Å²) in [6, 6.07) is 0. The number of carbonyl (C=O) groups excluding carboxylic acids is 1. The molecule has 4 nitrogen and oxygen atoms in total. The summed E-state index contributed by atoms with van der Waals surface area (Å²) in [5, 5.41) is 8.35. The summed E-state index contributed by atoms with van der Waals surface area (Å²) in [6.07, 6.45) is 16.9. The van der Waals surface area contributed by atoms with Gasteiger partial charge in [0.2, 0.25) is 0 Å². The van der Waals surface area contributed by atoms with Crippen LogP contribution < -0.4 is 51.4 Å². The Balaban J connectivity index is -0.00000220. The zero-order chi connectivity index (χ0) is 16.5. The second-order valence-electron chi connectivity index (χ2n) is 5.73. The van der Waals surface area contributed by atoms with Gasteiger partial charge in [-0.05, 0) is 6.42 Å². The molecule has 0 aliphatic rings. The van der Waals surface area contributed by atoms with E-state index in [4.69, 9.17) is 9.84 Å². The number of aliphatic carboxylic acids is 1. The molecule has 0 saturated carbocycles. The third kappa shape index (κ3) is 22.3. The molecule has 0 heterocycles. The monoisotopic (exact) mass is 352 g/mol. The summed E-state index contributed by atoms with van der Waals surface area (Å²) in [5.74, 6) is -1.72. The van der Waals surface area contributed by atoms with Crippen LogP contribution in [0.5, 0.6) is 0 Å². The first-order valence-electron chi connectivity index (χ1n) is 8.74. The maximum atomic E-state index is 11.1. The Morgan fingerprint density at radius 3 is 1.70 bits per heavy atom. The molecule has 0 aliphatic heterocycles. The quantitative estimate of drug-likeness (QED) is 0.212. The number of esters is 1. The summed E-state index contributed by atoms with van der Waals surface area (Å²) in [5.41, 5.74) is 0. The van der Waals surface area contributed by atoms with E-state index < -0.39 is 11.9 Å². The zero-order valence-corrected chi connectivity index (χ0v) is 18.1. The molecule has 0 aromatic carbocycles. The molecule has 0 fully saturated rings. The molecule has 130 valence electrons. The molecule has 0 spiro atoms. The summed E-state index contributed by atoms with van der Waals surface area (Å²) >= 11 is 0. The van der Waals surface area contributed by atoms with Gasteiger partial charge in [0.25, 0.3) is 0 Å². The third-order valence-electron chi connectivity index (χ3n) is 3.60. The number of unbranched alkanes of at least 4 members (excludes halogenated alkanes) is 11. The van der Waals surface area contributed by atoms with Crippen molar-refractivity contribution in [3.05, 3.63) is 12.2 Å². The van der Waals surface area contributed by atoms with Crippen LogP contribution in [0.25, 0.3) is 0 Å². The standard InChI is InChI=1S/C18H32O4.K.H/c1-2-3-4-5-6-7-8-9-10-11-12-13-16-22-18(21)15-14-17(19)20;;/h14-15H,2-13,16H2,1H3,(H,19,20);;/q;+1;-1/b15-14+;;. The predicted octanol–water partition coefficient (Wildman–Crippen LogP) is 1.99. The Kier molecular flexibility index (Phi) is 22.6. The Morgan fingerprint density at radius 2 is 1.26 bits per heavy atom. The molecule has 0 aliphatic carbocycles. The molecule has 0 unspecified atom stereocenters. The minimum atomic E-state index is -1.14. The van der Waals surface area contributed by atoms with Crippen molar-refractivity contribution in [3.63, 3.8) is 0 Å². The molecular weight excluding hydrogens is 319 g/mol. The van der Waals surface area contributed by atoms with Crippen molar-refractivity contribution in [2.45, 2.75) is 84.0 Å². The number of carbonyl (C=O) groups is 2. The van der Waals surface area contributed by atoms with Crippen LogP contribution >= 0.6 is 0 Å². The molecule has 5 heteroatoms. The van der Waals surface area contributed by atoms with Gasteiger partial charge in [0, 0.05) is 12.2 Å². The Bertz CT molecular complexity index is 322. The maximum absolute atomic E-state index is 11.1. The van der Waals surface area contributed by atoms with Crippen LogP contribution in [-0.2, 0) is 14.3 Å². The van der Waals surface area contributed by atoms with E-state index >= 15 is 0 Å². The number of carboxylic acids is 1. The van der Waals surface area contributed by atoms with E-state index in [0.29, 0.717) is 6.61 Å². The fourth-order valence-electron chi connectivity index (χ4n) is 2.30. The van der Waals surface area contributed by atoms with Crippen LogP contribution in [-0.4, -0.2) is 23.7 Å². The smallest absolute Gasteiger partial charge is 1.00 e.